The summed E-state index contributed by atoms with van der Waals surface area (Å²) in [4.78, 5) is 48.6. The number of carbonyl (C=O) groups excluding carboxylic acids is 4. The van der Waals surface area contributed by atoms with E-state index in [1.807, 2.05) is 0 Å². The lowest BCUT2D eigenvalue weighted by atomic mass is 9.97. The lowest BCUT2D eigenvalue weighted by Gasteiger charge is -2.43. The number of hydrogen-bond donors (Lipinski definition) is 1. The molecule has 0 bridgehead atoms. The minimum absolute atomic E-state index is 0.0576. The van der Waals surface area contributed by atoms with Crippen LogP contribution < -0.4 is 10.5 Å². The quantitative estimate of drug-likeness (QED) is 0.201. The molecule has 2 rings (SSSR count). The maximum Gasteiger partial charge on any atom is 0.339 e. The normalized spacial score (nSPS) is 23.4. The van der Waals surface area contributed by atoms with Gasteiger partial charge in [-0.3, -0.25) is 14.4 Å². The van der Waals surface area contributed by atoms with Crippen molar-refractivity contribution in [3.8, 4) is 5.75 Å². The van der Waals surface area contributed by atoms with Crippen molar-refractivity contribution in [2.75, 3.05) is 12.8 Å². The lowest BCUT2D eigenvalue weighted by Crippen LogP contribution is -2.64. The SMILES string of the molecule is COC(=O)C1O[C@@H](Oc2ccc(N)cc2CO[Si](C)(C)C(C)(C)C)C(OC(C)=O)C(OC(C)=O)[C@@H]1OC(C)=O. The van der Waals surface area contributed by atoms with Gasteiger partial charge in [-0.1, -0.05) is 20.8 Å². The van der Waals surface area contributed by atoms with Crippen LogP contribution in [0.15, 0.2) is 18.2 Å². The number of carbonyl (C=O) groups is 4. The van der Waals surface area contributed by atoms with E-state index in [2.05, 4.69) is 33.9 Å². The maximum atomic E-state index is 12.7. The fourth-order valence-electron chi connectivity index (χ4n) is 3.60. The first-order chi connectivity index (χ1) is 18.0. The predicted molar refractivity (Wildman–Crippen MR) is 141 cm³/mol. The molecule has 0 saturated carbocycles. The van der Waals surface area contributed by atoms with Gasteiger partial charge in [-0.05, 0) is 36.3 Å². The second-order valence-corrected chi connectivity index (χ2v) is 15.5. The van der Waals surface area contributed by atoms with Crippen LogP contribution in [0.25, 0.3) is 0 Å². The molecule has 1 aromatic rings. The Hall–Kier alpha value is -3.16. The minimum Gasteiger partial charge on any atom is -0.467 e. The highest BCUT2D eigenvalue weighted by atomic mass is 28.4. The van der Waals surface area contributed by atoms with Crippen molar-refractivity contribution in [2.24, 2.45) is 0 Å². The van der Waals surface area contributed by atoms with E-state index < -0.39 is 62.9 Å². The third-order valence-electron chi connectivity index (χ3n) is 6.56. The number of methoxy groups -OCH3 is 1. The average molecular weight is 570 g/mol. The molecule has 2 N–H and O–H groups in total. The van der Waals surface area contributed by atoms with E-state index in [0.29, 0.717) is 11.3 Å². The molecule has 1 fully saturated rings. The number of nitrogen functional groups attached to an aromatic ring is 1. The summed E-state index contributed by atoms with van der Waals surface area (Å²) >= 11 is 0. The van der Waals surface area contributed by atoms with Crippen LogP contribution in [0.1, 0.15) is 47.1 Å². The summed E-state index contributed by atoms with van der Waals surface area (Å²) in [5.74, 6) is -2.99. The van der Waals surface area contributed by atoms with E-state index >= 15 is 0 Å². The summed E-state index contributed by atoms with van der Waals surface area (Å²) in [6.07, 6.45) is -7.43. The maximum absolute atomic E-state index is 12.7. The molecule has 1 aliphatic heterocycles. The van der Waals surface area contributed by atoms with E-state index in [9.17, 15) is 19.2 Å². The van der Waals surface area contributed by atoms with Gasteiger partial charge in [0.1, 0.15) is 5.75 Å². The first-order valence-corrected chi connectivity index (χ1v) is 15.3. The van der Waals surface area contributed by atoms with Gasteiger partial charge in [-0.25, -0.2) is 4.79 Å². The third-order valence-corrected chi connectivity index (χ3v) is 11.0. The van der Waals surface area contributed by atoms with Crippen LogP contribution >= 0.6 is 0 Å². The molecule has 1 aliphatic rings. The van der Waals surface area contributed by atoms with Crippen molar-refractivity contribution < 1.29 is 52.0 Å². The van der Waals surface area contributed by atoms with Crippen LogP contribution in [-0.4, -0.2) is 70.0 Å². The zero-order valence-corrected chi connectivity index (χ0v) is 24.9. The Bertz CT molecular complexity index is 1070. The fraction of sp³-hybridized carbons (Fsp3) is 0.615. The van der Waals surface area contributed by atoms with Crippen molar-refractivity contribution >= 4 is 37.9 Å². The Labute approximate surface area is 229 Å². The smallest absolute Gasteiger partial charge is 0.339 e. The molecular formula is C26H39NO11Si. The van der Waals surface area contributed by atoms with Gasteiger partial charge in [0.25, 0.3) is 0 Å². The summed E-state index contributed by atoms with van der Waals surface area (Å²) < 4.78 is 39.3. The van der Waals surface area contributed by atoms with Gasteiger partial charge in [0.2, 0.25) is 12.4 Å². The number of rotatable bonds is 9. The summed E-state index contributed by atoms with van der Waals surface area (Å²) in [6, 6.07) is 4.85. The zero-order chi connectivity index (χ0) is 29.7. The molecule has 218 valence electrons. The molecule has 0 spiro atoms. The molecule has 3 unspecified atom stereocenters. The molecule has 5 atom stereocenters. The lowest BCUT2D eigenvalue weighted by molar-refractivity contribution is -0.282. The van der Waals surface area contributed by atoms with Gasteiger partial charge in [-0.2, -0.15) is 0 Å². The highest BCUT2D eigenvalue weighted by molar-refractivity contribution is 6.74. The molecule has 0 aromatic heterocycles. The van der Waals surface area contributed by atoms with Crippen LogP contribution in [0.3, 0.4) is 0 Å². The van der Waals surface area contributed by atoms with Gasteiger partial charge in [0, 0.05) is 32.0 Å². The Morgan fingerprint density at radius 3 is 1.97 bits per heavy atom. The van der Waals surface area contributed by atoms with E-state index in [4.69, 9.17) is 38.6 Å². The van der Waals surface area contributed by atoms with E-state index in [1.165, 1.54) is 0 Å². The minimum atomic E-state index is -2.16. The number of benzene rings is 1. The molecule has 1 aromatic carbocycles. The number of anilines is 1. The Morgan fingerprint density at radius 2 is 1.46 bits per heavy atom. The highest BCUT2D eigenvalue weighted by Gasteiger charge is 2.56. The molecule has 0 amide bonds. The summed E-state index contributed by atoms with van der Waals surface area (Å²) in [6.45, 7) is 14.0. The number of nitrogens with two attached hydrogens (primary N) is 1. The highest BCUT2D eigenvalue weighted by Crippen LogP contribution is 2.38. The van der Waals surface area contributed by atoms with Crippen LogP contribution in [0.2, 0.25) is 18.1 Å². The van der Waals surface area contributed by atoms with Crippen molar-refractivity contribution in [3.05, 3.63) is 23.8 Å². The molecule has 39 heavy (non-hydrogen) atoms. The van der Waals surface area contributed by atoms with Gasteiger partial charge in [0.15, 0.2) is 26.6 Å². The van der Waals surface area contributed by atoms with Crippen LogP contribution in [0, 0.1) is 0 Å². The molecule has 0 aliphatic carbocycles. The third kappa shape index (κ3) is 8.41. The van der Waals surface area contributed by atoms with E-state index in [1.54, 1.807) is 18.2 Å². The van der Waals surface area contributed by atoms with Gasteiger partial charge in [0.05, 0.1) is 13.7 Å². The molecule has 0 radical (unpaired) electrons. The number of hydrogen-bond acceptors (Lipinski definition) is 12. The predicted octanol–water partition coefficient (Wildman–Crippen LogP) is 2.86. The van der Waals surface area contributed by atoms with Crippen molar-refractivity contribution in [3.63, 3.8) is 0 Å². The molecule has 1 heterocycles. The number of ether oxygens (including phenoxy) is 6. The summed E-state index contributed by atoms with van der Waals surface area (Å²) in [5, 5.41) is -0.0576. The largest absolute Gasteiger partial charge is 0.467 e. The summed E-state index contributed by atoms with van der Waals surface area (Å²) in [5.41, 5.74) is 7.06. The molecule has 1 saturated heterocycles. The van der Waals surface area contributed by atoms with Crippen LogP contribution in [0.4, 0.5) is 5.69 Å². The van der Waals surface area contributed by atoms with Gasteiger partial charge < -0.3 is 38.6 Å². The van der Waals surface area contributed by atoms with Gasteiger partial charge in [-0.15, -0.1) is 0 Å². The fourth-order valence-corrected chi connectivity index (χ4v) is 4.55. The van der Waals surface area contributed by atoms with E-state index in [-0.39, 0.29) is 17.4 Å². The van der Waals surface area contributed by atoms with Crippen molar-refractivity contribution in [2.45, 2.75) is 97.0 Å². The van der Waals surface area contributed by atoms with E-state index in [0.717, 1.165) is 27.9 Å². The first kappa shape index (κ1) is 32.1. The van der Waals surface area contributed by atoms with Gasteiger partial charge >= 0.3 is 23.9 Å². The summed E-state index contributed by atoms with van der Waals surface area (Å²) in [7, 11) is -1.05. The zero-order valence-electron chi connectivity index (χ0n) is 23.9. The first-order valence-electron chi connectivity index (χ1n) is 12.4. The van der Waals surface area contributed by atoms with Crippen LogP contribution in [-0.2, 0) is 53.9 Å². The molecule has 13 heteroatoms. The Balaban J connectivity index is 2.54. The molecule has 12 nitrogen and oxygen atoms in total. The average Bonchev–Trinajstić information content (AvgIpc) is 2.80. The monoisotopic (exact) mass is 569 g/mol. The second-order valence-electron chi connectivity index (χ2n) is 10.7. The van der Waals surface area contributed by atoms with Crippen molar-refractivity contribution in [1.82, 2.24) is 0 Å². The van der Waals surface area contributed by atoms with Crippen molar-refractivity contribution in [1.29, 1.82) is 0 Å². The second kappa shape index (κ2) is 12.8. The van der Waals surface area contributed by atoms with Crippen LogP contribution in [0.5, 0.6) is 5.75 Å². The standard InChI is InChI=1S/C26H39NO11Si/c1-14(28)34-20-21(35-15(2)29)23(36-16(3)30)25(38-22(20)24(31)32-7)37-19-11-10-18(27)12-17(19)13-33-39(8,9)26(4,5)6/h10-12,20-23,25H,13,27H2,1-9H3/t20-,21?,22?,23?,25+/m0/s1. The molecular weight excluding hydrogens is 530 g/mol. The Kier molecular flexibility index (Phi) is 10.5. The Morgan fingerprint density at radius 1 is 0.923 bits per heavy atom. The topological polar surface area (TPSA) is 159 Å². The number of esters is 4.